The number of carbonyl (C=O) groups is 2. The van der Waals surface area contributed by atoms with Crippen molar-refractivity contribution < 1.29 is 9.59 Å². The fourth-order valence-electron chi connectivity index (χ4n) is 5.02. The number of fused-ring (bicyclic) bond motifs is 2. The highest BCUT2D eigenvalue weighted by molar-refractivity contribution is 6.07. The Kier molecular flexibility index (Phi) is 4.85. The normalized spacial score (nSPS) is 21.6. The van der Waals surface area contributed by atoms with Crippen LogP contribution in [0.2, 0.25) is 0 Å². The van der Waals surface area contributed by atoms with Crippen molar-refractivity contribution in [1.29, 1.82) is 0 Å². The van der Waals surface area contributed by atoms with Gasteiger partial charge in [0.25, 0.3) is 5.91 Å². The quantitative estimate of drug-likeness (QED) is 0.662. The van der Waals surface area contributed by atoms with Crippen molar-refractivity contribution in [1.82, 2.24) is 19.7 Å². The maximum atomic E-state index is 13.8. The van der Waals surface area contributed by atoms with Gasteiger partial charge in [-0.1, -0.05) is 31.0 Å². The molecule has 0 unspecified atom stereocenters. The summed E-state index contributed by atoms with van der Waals surface area (Å²) in [5, 5.41) is 5.22. The maximum absolute atomic E-state index is 13.8. The number of rotatable bonds is 3. The number of ketones is 1. The number of Topliss-reactive ketones (excluding diaryl/α,β-unsaturated/α-hetero) is 1. The zero-order valence-corrected chi connectivity index (χ0v) is 17.3. The van der Waals surface area contributed by atoms with E-state index >= 15 is 0 Å². The van der Waals surface area contributed by atoms with Crippen molar-refractivity contribution in [3.63, 3.8) is 0 Å². The molecule has 6 nitrogen and oxygen atoms in total. The number of aryl methyl sites for hydroxylation is 1. The molecule has 0 bridgehead atoms. The first-order valence-corrected chi connectivity index (χ1v) is 10.9. The van der Waals surface area contributed by atoms with E-state index in [9.17, 15) is 9.59 Å². The first-order valence-electron chi connectivity index (χ1n) is 10.9. The molecule has 1 aromatic carbocycles. The second-order valence-corrected chi connectivity index (χ2v) is 8.33. The summed E-state index contributed by atoms with van der Waals surface area (Å²) in [6, 6.07) is 9.73. The van der Waals surface area contributed by atoms with E-state index < -0.39 is 0 Å². The van der Waals surface area contributed by atoms with Crippen LogP contribution in [-0.2, 0) is 11.3 Å². The summed E-state index contributed by atoms with van der Waals surface area (Å²) >= 11 is 0. The van der Waals surface area contributed by atoms with Gasteiger partial charge in [-0.2, -0.15) is 5.10 Å². The zero-order chi connectivity index (χ0) is 20.7. The number of likely N-dealkylation sites (tertiary alicyclic amines) is 1. The number of amides is 1. The van der Waals surface area contributed by atoms with Gasteiger partial charge in [0.05, 0.1) is 23.0 Å². The standard InChI is InChI=1S/C24H26N4O2/c1-2-27-15-16(14-25-27)21-13-19(17-7-3-5-9-20(17)26-21)24(30)28-12-11-23(29)18-8-4-6-10-22(18)28/h3,5,7,9,13-15,18,22H,2,4,6,8,10-12H2,1H3/t18-,22+/m1/s1. The number of para-hydroxylation sites is 1. The second-order valence-electron chi connectivity index (χ2n) is 8.33. The second kappa shape index (κ2) is 7.67. The molecule has 154 valence electrons. The van der Waals surface area contributed by atoms with Crippen LogP contribution < -0.4 is 0 Å². The van der Waals surface area contributed by atoms with Crippen molar-refractivity contribution in [2.75, 3.05) is 6.54 Å². The molecule has 1 aliphatic carbocycles. The molecular weight excluding hydrogens is 376 g/mol. The van der Waals surface area contributed by atoms with Gasteiger partial charge in [-0.3, -0.25) is 14.3 Å². The van der Waals surface area contributed by atoms with Gasteiger partial charge in [-0.25, -0.2) is 4.98 Å². The highest BCUT2D eigenvalue weighted by Gasteiger charge is 2.41. The molecule has 2 atom stereocenters. The summed E-state index contributed by atoms with van der Waals surface area (Å²) in [7, 11) is 0. The highest BCUT2D eigenvalue weighted by atomic mass is 16.2. The van der Waals surface area contributed by atoms with Crippen molar-refractivity contribution >= 4 is 22.6 Å². The van der Waals surface area contributed by atoms with E-state index in [0.29, 0.717) is 24.3 Å². The molecule has 2 aliphatic rings. The van der Waals surface area contributed by atoms with Gasteiger partial charge < -0.3 is 4.90 Å². The SMILES string of the molecule is CCn1cc(-c2cc(C(=O)N3CCC(=O)[C@@H]4CCCC[C@@H]43)c3ccccc3n2)cn1. The molecule has 2 aromatic heterocycles. The van der Waals surface area contributed by atoms with Gasteiger partial charge in [0, 0.05) is 48.6 Å². The lowest BCUT2D eigenvalue weighted by Crippen LogP contribution is -2.53. The number of carbonyl (C=O) groups excluding carboxylic acids is 2. The Morgan fingerprint density at radius 2 is 2.03 bits per heavy atom. The number of hydrogen-bond acceptors (Lipinski definition) is 4. The number of hydrogen-bond donors (Lipinski definition) is 0. The van der Waals surface area contributed by atoms with Crippen LogP contribution in [0.4, 0.5) is 0 Å². The molecule has 5 rings (SSSR count). The molecule has 6 heteroatoms. The molecule has 3 aromatic rings. The summed E-state index contributed by atoms with van der Waals surface area (Å²) in [6.45, 7) is 3.33. The minimum atomic E-state index is 0.00630. The van der Waals surface area contributed by atoms with E-state index in [-0.39, 0.29) is 17.9 Å². The first kappa shape index (κ1) is 19.0. The smallest absolute Gasteiger partial charge is 0.254 e. The highest BCUT2D eigenvalue weighted by Crippen LogP contribution is 2.35. The molecule has 30 heavy (non-hydrogen) atoms. The lowest BCUT2D eigenvalue weighted by Gasteiger charge is -2.43. The van der Waals surface area contributed by atoms with E-state index in [1.165, 1.54) is 0 Å². The Hall–Kier alpha value is -3.02. The van der Waals surface area contributed by atoms with Gasteiger partial charge in [0.2, 0.25) is 0 Å². The van der Waals surface area contributed by atoms with Gasteiger partial charge in [0.15, 0.2) is 0 Å². The molecule has 3 heterocycles. The molecule has 1 amide bonds. The first-order chi connectivity index (χ1) is 14.7. The van der Waals surface area contributed by atoms with Crippen LogP contribution in [0, 0.1) is 5.92 Å². The monoisotopic (exact) mass is 402 g/mol. The van der Waals surface area contributed by atoms with E-state index in [1.807, 2.05) is 53.0 Å². The van der Waals surface area contributed by atoms with Gasteiger partial charge in [0.1, 0.15) is 5.78 Å². The van der Waals surface area contributed by atoms with Gasteiger partial charge >= 0.3 is 0 Å². The average molecular weight is 402 g/mol. The predicted octanol–water partition coefficient (Wildman–Crippen LogP) is 4.09. The van der Waals surface area contributed by atoms with Crippen molar-refractivity contribution in [2.45, 2.75) is 51.6 Å². The molecule has 2 fully saturated rings. The van der Waals surface area contributed by atoms with E-state index in [4.69, 9.17) is 4.98 Å². The average Bonchev–Trinajstić information content (AvgIpc) is 3.28. The Morgan fingerprint density at radius 1 is 1.20 bits per heavy atom. The minimum Gasteiger partial charge on any atom is -0.334 e. The molecule has 0 N–H and O–H groups in total. The number of nitrogens with zero attached hydrogens (tertiary/aromatic N) is 4. The third-order valence-electron chi connectivity index (χ3n) is 6.60. The number of benzene rings is 1. The van der Waals surface area contributed by atoms with Crippen LogP contribution in [0.15, 0.2) is 42.7 Å². The van der Waals surface area contributed by atoms with Crippen molar-refractivity contribution in [2.24, 2.45) is 5.92 Å². The maximum Gasteiger partial charge on any atom is 0.254 e. The molecular formula is C24H26N4O2. The van der Waals surface area contributed by atoms with Crippen molar-refractivity contribution in [3.05, 3.63) is 48.3 Å². The molecule has 1 aliphatic heterocycles. The Labute approximate surface area is 175 Å². The Bertz CT molecular complexity index is 1120. The van der Waals surface area contributed by atoms with Gasteiger partial charge in [-0.15, -0.1) is 0 Å². The predicted molar refractivity (Wildman–Crippen MR) is 115 cm³/mol. The molecule has 1 saturated carbocycles. The summed E-state index contributed by atoms with van der Waals surface area (Å²) in [5.74, 6) is 0.352. The number of aromatic nitrogens is 3. The summed E-state index contributed by atoms with van der Waals surface area (Å²) in [4.78, 5) is 33.0. The largest absolute Gasteiger partial charge is 0.334 e. The third-order valence-corrected chi connectivity index (χ3v) is 6.60. The van der Waals surface area contributed by atoms with E-state index in [1.54, 1.807) is 6.20 Å². The van der Waals surface area contributed by atoms with E-state index in [2.05, 4.69) is 5.10 Å². The van der Waals surface area contributed by atoms with Crippen molar-refractivity contribution in [3.8, 4) is 11.3 Å². The summed E-state index contributed by atoms with van der Waals surface area (Å²) < 4.78 is 1.86. The van der Waals surface area contributed by atoms with Crippen LogP contribution in [0.25, 0.3) is 22.2 Å². The van der Waals surface area contributed by atoms with Crippen LogP contribution in [-0.4, -0.2) is 43.9 Å². The fourth-order valence-corrected chi connectivity index (χ4v) is 5.02. The fraction of sp³-hybridized carbons (Fsp3) is 0.417. The van der Waals surface area contributed by atoms with Crippen LogP contribution in [0.3, 0.4) is 0 Å². The summed E-state index contributed by atoms with van der Waals surface area (Å²) in [6.07, 6.45) is 8.21. The molecule has 1 saturated heterocycles. The van der Waals surface area contributed by atoms with E-state index in [0.717, 1.165) is 54.4 Å². The zero-order valence-electron chi connectivity index (χ0n) is 17.3. The Morgan fingerprint density at radius 3 is 2.87 bits per heavy atom. The van der Waals surface area contributed by atoms with Crippen LogP contribution >= 0.6 is 0 Å². The topological polar surface area (TPSA) is 68.1 Å². The Balaban J connectivity index is 1.58. The number of piperidine rings is 1. The lowest BCUT2D eigenvalue weighted by molar-refractivity contribution is -0.129. The number of pyridine rings is 1. The van der Waals surface area contributed by atoms with Gasteiger partial charge in [-0.05, 0) is 31.9 Å². The molecule has 0 radical (unpaired) electrons. The van der Waals surface area contributed by atoms with Crippen LogP contribution in [0.1, 0.15) is 49.4 Å². The third kappa shape index (κ3) is 3.20. The molecule has 0 spiro atoms. The lowest BCUT2D eigenvalue weighted by atomic mass is 9.77. The minimum absolute atomic E-state index is 0.00630. The van der Waals surface area contributed by atoms with Crippen LogP contribution in [0.5, 0.6) is 0 Å². The summed E-state index contributed by atoms with van der Waals surface area (Å²) in [5.41, 5.74) is 3.13.